The number of rotatable bonds is 3. The van der Waals surface area contributed by atoms with Crippen LogP contribution in [0.3, 0.4) is 0 Å². The summed E-state index contributed by atoms with van der Waals surface area (Å²) in [5.74, 6) is -0.237. The Labute approximate surface area is 191 Å². The highest BCUT2D eigenvalue weighted by molar-refractivity contribution is 6.02. The van der Waals surface area contributed by atoms with Gasteiger partial charge in [0.1, 0.15) is 11.2 Å². The quantitative estimate of drug-likeness (QED) is 0.383. The Morgan fingerprint density at radius 2 is 1.97 bits per heavy atom. The van der Waals surface area contributed by atoms with Gasteiger partial charge in [0.05, 0.1) is 29.7 Å². The van der Waals surface area contributed by atoms with E-state index in [1.165, 1.54) is 0 Å². The number of ketones is 1. The molecule has 7 nitrogen and oxygen atoms in total. The van der Waals surface area contributed by atoms with Gasteiger partial charge in [-0.15, -0.1) is 0 Å². The Bertz CT molecular complexity index is 1400. The zero-order valence-electron chi connectivity index (χ0n) is 19.3. The van der Waals surface area contributed by atoms with Crippen LogP contribution in [-0.2, 0) is 28.2 Å². The second-order valence-electron chi connectivity index (χ2n) is 9.76. The predicted molar refractivity (Wildman–Crippen MR) is 126 cm³/mol. The average molecular weight is 446 g/mol. The van der Waals surface area contributed by atoms with Crippen LogP contribution in [0.1, 0.15) is 62.8 Å². The molecular formula is C26H27N3O4. The van der Waals surface area contributed by atoms with Crippen LogP contribution >= 0.6 is 0 Å². The first kappa shape index (κ1) is 21.5. The lowest BCUT2D eigenvalue weighted by molar-refractivity contribution is -0.140. The standard InChI is InChI=1S/C26H27N3O4/c1-5-26(32)19-12-21-23-18(14-29(21)24(31)16(19)10-11-22(26)30)17(13-27-33-25(2,3)4)15-8-6-7-9-20(15)28-23/h6-9,12-13,32H,5,10-11,14H2,1-4H3/b27-13+. The largest absolute Gasteiger partial charge is 0.390 e. The maximum absolute atomic E-state index is 13.5. The fraction of sp³-hybridized carbons (Fsp3) is 0.385. The zero-order chi connectivity index (χ0) is 23.5. The molecule has 1 atom stereocenters. The Hall–Kier alpha value is -3.32. The first-order chi connectivity index (χ1) is 15.6. The molecule has 5 rings (SSSR count). The Morgan fingerprint density at radius 1 is 1.21 bits per heavy atom. The minimum absolute atomic E-state index is 0.169. The monoisotopic (exact) mass is 445 g/mol. The summed E-state index contributed by atoms with van der Waals surface area (Å²) in [6, 6.07) is 9.54. The van der Waals surface area contributed by atoms with E-state index >= 15 is 0 Å². The van der Waals surface area contributed by atoms with Crippen LogP contribution in [0.5, 0.6) is 0 Å². The minimum atomic E-state index is -1.63. The Balaban J connectivity index is 1.75. The normalized spacial score (nSPS) is 19.6. The van der Waals surface area contributed by atoms with Crippen molar-refractivity contribution in [1.82, 2.24) is 9.55 Å². The van der Waals surface area contributed by atoms with Crippen LogP contribution < -0.4 is 5.56 Å². The van der Waals surface area contributed by atoms with E-state index in [1.54, 1.807) is 23.8 Å². The van der Waals surface area contributed by atoms with E-state index in [1.807, 2.05) is 45.0 Å². The van der Waals surface area contributed by atoms with Crippen molar-refractivity contribution in [3.8, 4) is 11.4 Å². The Kier molecular flexibility index (Phi) is 4.79. The number of oxime groups is 1. The van der Waals surface area contributed by atoms with E-state index < -0.39 is 11.2 Å². The number of aliphatic hydroxyl groups is 1. The van der Waals surface area contributed by atoms with Crippen LogP contribution in [0, 0.1) is 0 Å². The molecule has 7 heteroatoms. The van der Waals surface area contributed by atoms with E-state index in [0.29, 0.717) is 35.5 Å². The highest BCUT2D eigenvalue weighted by Crippen LogP contribution is 2.40. The summed E-state index contributed by atoms with van der Waals surface area (Å²) in [4.78, 5) is 36.5. The number of hydrogen-bond acceptors (Lipinski definition) is 6. The Morgan fingerprint density at radius 3 is 2.70 bits per heavy atom. The summed E-state index contributed by atoms with van der Waals surface area (Å²) < 4.78 is 1.70. The molecule has 0 saturated heterocycles. The van der Waals surface area contributed by atoms with Crippen molar-refractivity contribution in [3.63, 3.8) is 0 Å². The molecule has 33 heavy (non-hydrogen) atoms. The third-order valence-electron chi connectivity index (χ3n) is 6.53. The van der Waals surface area contributed by atoms with Crippen molar-refractivity contribution >= 4 is 22.9 Å². The van der Waals surface area contributed by atoms with Gasteiger partial charge in [-0.05, 0) is 45.7 Å². The number of Topliss-reactive ketones (excluding diaryl/α,β-unsaturated/α-hetero) is 1. The molecule has 0 fully saturated rings. The molecule has 3 heterocycles. The lowest BCUT2D eigenvalue weighted by Crippen LogP contribution is -2.43. The number of carbonyl (C=O) groups is 1. The first-order valence-corrected chi connectivity index (χ1v) is 11.3. The van der Waals surface area contributed by atoms with Gasteiger partial charge in [-0.1, -0.05) is 30.3 Å². The van der Waals surface area contributed by atoms with Crippen LogP contribution in [0.15, 0.2) is 40.3 Å². The number of aromatic nitrogens is 2. The van der Waals surface area contributed by atoms with Crippen molar-refractivity contribution < 1.29 is 14.7 Å². The topological polar surface area (TPSA) is 93.8 Å². The number of para-hydroxylation sites is 1. The summed E-state index contributed by atoms with van der Waals surface area (Å²) in [7, 11) is 0. The number of benzene rings is 1. The van der Waals surface area contributed by atoms with Gasteiger partial charge in [-0.3, -0.25) is 9.59 Å². The molecule has 3 aromatic rings. The summed E-state index contributed by atoms with van der Waals surface area (Å²) in [6.45, 7) is 7.89. The van der Waals surface area contributed by atoms with Crippen molar-refractivity contribution in [2.75, 3.05) is 0 Å². The van der Waals surface area contributed by atoms with Gasteiger partial charge in [0.15, 0.2) is 5.78 Å². The molecule has 0 amide bonds. The molecule has 0 saturated carbocycles. The van der Waals surface area contributed by atoms with Crippen LogP contribution in [-0.4, -0.2) is 32.3 Å². The average Bonchev–Trinajstić information content (AvgIpc) is 3.14. The molecule has 0 radical (unpaired) electrons. The van der Waals surface area contributed by atoms with Crippen LogP contribution in [0.25, 0.3) is 22.3 Å². The number of nitrogens with zero attached hydrogens (tertiary/aromatic N) is 3. The van der Waals surface area contributed by atoms with E-state index in [4.69, 9.17) is 9.82 Å². The molecule has 2 aromatic heterocycles. The number of fused-ring (bicyclic) bond motifs is 5. The second-order valence-corrected chi connectivity index (χ2v) is 9.76. The summed E-state index contributed by atoms with van der Waals surface area (Å²) in [5, 5.41) is 16.3. The molecule has 1 unspecified atom stereocenters. The lowest BCUT2D eigenvalue weighted by Gasteiger charge is -2.32. The smallest absolute Gasteiger partial charge is 0.254 e. The molecule has 1 aromatic carbocycles. The van der Waals surface area contributed by atoms with Crippen molar-refractivity contribution in [1.29, 1.82) is 0 Å². The minimum Gasteiger partial charge on any atom is -0.390 e. The molecular weight excluding hydrogens is 418 g/mol. The SMILES string of the molecule is CCC1(O)C(=O)CCc2c1cc1n(c2=O)Cc2c-1nc1ccccc1c2/C=N/OC(C)(C)C. The van der Waals surface area contributed by atoms with Gasteiger partial charge in [-0.25, -0.2) is 4.98 Å². The third kappa shape index (κ3) is 3.30. The van der Waals surface area contributed by atoms with E-state index in [9.17, 15) is 14.7 Å². The maximum atomic E-state index is 13.5. The van der Waals surface area contributed by atoms with Gasteiger partial charge >= 0.3 is 0 Å². The van der Waals surface area contributed by atoms with Gasteiger partial charge in [-0.2, -0.15) is 0 Å². The number of carbonyl (C=O) groups excluding carboxylic acids is 1. The van der Waals surface area contributed by atoms with Crippen molar-refractivity contribution in [2.24, 2.45) is 5.16 Å². The van der Waals surface area contributed by atoms with Gasteiger partial charge in [0.2, 0.25) is 0 Å². The molecule has 170 valence electrons. The fourth-order valence-corrected chi connectivity index (χ4v) is 4.83. The summed E-state index contributed by atoms with van der Waals surface area (Å²) in [5.41, 5.74) is 2.49. The van der Waals surface area contributed by atoms with E-state index in [-0.39, 0.29) is 24.2 Å². The number of hydrogen-bond donors (Lipinski definition) is 1. The van der Waals surface area contributed by atoms with Gasteiger partial charge in [0, 0.05) is 34.1 Å². The lowest BCUT2D eigenvalue weighted by atomic mass is 9.77. The van der Waals surface area contributed by atoms with Crippen LogP contribution in [0.4, 0.5) is 0 Å². The zero-order valence-corrected chi connectivity index (χ0v) is 19.3. The molecule has 1 N–H and O–H groups in total. The molecule has 1 aliphatic heterocycles. The van der Waals surface area contributed by atoms with Crippen molar-refractivity contribution in [2.45, 2.75) is 64.7 Å². The van der Waals surface area contributed by atoms with E-state index in [0.717, 1.165) is 22.0 Å². The molecule has 2 aliphatic rings. The second kappa shape index (κ2) is 7.35. The molecule has 1 aliphatic carbocycles. The fourth-order valence-electron chi connectivity index (χ4n) is 4.83. The van der Waals surface area contributed by atoms with Gasteiger partial charge in [0.25, 0.3) is 5.56 Å². The summed E-state index contributed by atoms with van der Waals surface area (Å²) in [6.07, 6.45) is 2.43. The highest BCUT2D eigenvalue weighted by Gasteiger charge is 2.43. The van der Waals surface area contributed by atoms with Crippen LogP contribution in [0.2, 0.25) is 0 Å². The van der Waals surface area contributed by atoms with Crippen molar-refractivity contribution in [3.05, 3.63) is 62.9 Å². The van der Waals surface area contributed by atoms with Gasteiger partial charge < -0.3 is 14.5 Å². The maximum Gasteiger partial charge on any atom is 0.254 e. The van der Waals surface area contributed by atoms with E-state index in [2.05, 4.69) is 5.16 Å². The first-order valence-electron chi connectivity index (χ1n) is 11.3. The number of pyridine rings is 2. The molecule has 0 bridgehead atoms. The highest BCUT2D eigenvalue weighted by atomic mass is 16.6. The third-order valence-corrected chi connectivity index (χ3v) is 6.53. The molecule has 0 spiro atoms. The predicted octanol–water partition coefficient (Wildman–Crippen LogP) is 3.69. The summed E-state index contributed by atoms with van der Waals surface area (Å²) >= 11 is 0.